The zero-order chi connectivity index (χ0) is 20.6. The van der Waals surface area contributed by atoms with Crippen molar-refractivity contribution in [3.63, 3.8) is 0 Å². The SMILES string of the molecule is Cn1cc(S(=O)(=O)N2CCN(C3=NC(=O)C(=Cc4ccc(Cl)cc4)S3)CC2)cn1. The van der Waals surface area contributed by atoms with Gasteiger partial charge in [0.2, 0.25) is 10.0 Å². The third-order valence-electron chi connectivity index (χ3n) is 4.61. The summed E-state index contributed by atoms with van der Waals surface area (Å²) in [4.78, 5) is 19.1. The summed E-state index contributed by atoms with van der Waals surface area (Å²) in [6.45, 7) is 1.57. The fourth-order valence-electron chi connectivity index (χ4n) is 3.04. The number of thioether (sulfide) groups is 1. The summed E-state index contributed by atoms with van der Waals surface area (Å²) >= 11 is 7.20. The Bertz CT molecular complexity index is 1100. The molecule has 2 aromatic rings. The minimum atomic E-state index is -3.57. The smallest absolute Gasteiger partial charge is 0.286 e. The molecule has 2 aliphatic heterocycles. The topological polar surface area (TPSA) is 87.9 Å². The van der Waals surface area contributed by atoms with E-state index in [-0.39, 0.29) is 10.8 Å². The van der Waals surface area contributed by atoms with Crippen LogP contribution in [-0.4, -0.2) is 64.7 Å². The molecule has 0 bridgehead atoms. The van der Waals surface area contributed by atoms with Gasteiger partial charge in [-0.1, -0.05) is 23.7 Å². The Morgan fingerprint density at radius 2 is 1.83 bits per heavy atom. The number of benzene rings is 1. The Labute approximate surface area is 177 Å². The molecule has 1 aromatic heterocycles. The molecular weight excluding hydrogens is 434 g/mol. The lowest BCUT2D eigenvalue weighted by Crippen LogP contribution is -2.49. The molecule has 8 nitrogen and oxygen atoms in total. The molecule has 152 valence electrons. The lowest BCUT2D eigenvalue weighted by atomic mass is 10.2. The molecule has 1 amide bonds. The lowest BCUT2D eigenvalue weighted by molar-refractivity contribution is -0.113. The van der Waals surface area contributed by atoms with Crippen LogP contribution in [0.1, 0.15) is 5.56 Å². The molecule has 0 saturated carbocycles. The van der Waals surface area contributed by atoms with Crippen molar-refractivity contribution in [3.8, 4) is 0 Å². The first kappa shape index (κ1) is 20.1. The van der Waals surface area contributed by atoms with Crippen LogP contribution >= 0.6 is 23.4 Å². The van der Waals surface area contributed by atoms with E-state index in [0.29, 0.717) is 41.3 Å². The van der Waals surface area contributed by atoms with E-state index < -0.39 is 10.0 Å². The summed E-state index contributed by atoms with van der Waals surface area (Å²) in [6.07, 6.45) is 4.62. The molecular formula is C18H18ClN5O3S2. The van der Waals surface area contributed by atoms with E-state index in [1.165, 1.54) is 33.1 Å². The minimum Gasteiger partial charge on any atom is -0.348 e. The second-order valence-corrected chi connectivity index (χ2v) is 9.99. The van der Waals surface area contributed by atoms with E-state index in [2.05, 4.69) is 10.1 Å². The van der Waals surface area contributed by atoms with E-state index in [1.807, 2.05) is 17.0 Å². The highest BCUT2D eigenvalue weighted by Crippen LogP contribution is 2.31. The number of amidine groups is 1. The van der Waals surface area contributed by atoms with Crippen LogP contribution in [0.2, 0.25) is 5.02 Å². The molecule has 1 aromatic carbocycles. The summed E-state index contributed by atoms with van der Waals surface area (Å²) in [5.41, 5.74) is 0.870. The van der Waals surface area contributed by atoms with Crippen molar-refractivity contribution in [2.45, 2.75) is 4.90 Å². The van der Waals surface area contributed by atoms with Crippen LogP contribution in [0.3, 0.4) is 0 Å². The first-order valence-corrected chi connectivity index (χ1v) is 11.5. The number of piperazine rings is 1. The summed E-state index contributed by atoms with van der Waals surface area (Å²) in [5.74, 6) is -0.287. The number of carbonyl (C=O) groups excluding carboxylic acids is 1. The molecule has 29 heavy (non-hydrogen) atoms. The number of sulfonamides is 1. The minimum absolute atomic E-state index is 0.185. The van der Waals surface area contributed by atoms with Gasteiger partial charge in [-0.05, 0) is 35.5 Å². The van der Waals surface area contributed by atoms with Crippen molar-refractivity contribution < 1.29 is 13.2 Å². The first-order valence-electron chi connectivity index (χ1n) is 8.85. The number of hydrogen-bond donors (Lipinski definition) is 0. The third-order valence-corrected chi connectivity index (χ3v) is 7.75. The van der Waals surface area contributed by atoms with Gasteiger partial charge in [0.25, 0.3) is 5.91 Å². The highest BCUT2D eigenvalue weighted by molar-refractivity contribution is 8.18. The van der Waals surface area contributed by atoms with Gasteiger partial charge in [0, 0.05) is 44.4 Å². The number of aliphatic imine (C=N–C) groups is 1. The Morgan fingerprint density at radius 1 is 1.14 bits per heavy atom. The second kappa shape index (κ2) is 7.94. The van der Waals surface area contributed by atoms with Gasteiger partial charge in [-0.25, -0.2) is 8.42 Å². The zero-order valence-corrected chi connectivity index (χ0v) is 17.9. The summed E-state index contributed by atoms with van der Waals surface area (Å²) in [5, 5.41) is 5.18. The van der Waals surface area contributed by atoms with Gasteiger partial charge in [-0.3, -0.25) is 9.48 Å². The van der Waals surface area contributed by atoms with Gasteiger partial charge in [0.05, 0.1) is 11.1 Å². The highest BCUT2D eigenvalue weighted by Gasteiger charge is 2.33. The highest BCUT2D eigenvalue weighted by atomic mass is 35.5. The molecule has 0 N–H and O–H groups in total. The molecule has 3 heterocycles. The number of carbonyl (C=O) groups is 1. The molecule has 0 radical (unpaired) electrons. The van der Waals surface area contributed by atoms with Crippen molar-refractivity contribution in [1.82, 2.24) is 19.0 Å². The van der Waals surface area contributed by atoms with Gasteiger partial charge >= 0.3 is 0 Å². The van der Waals surface area contributed by atoms with E-state index in [9.17, 15) is 13.2 Å². The molecule has 0 atom stereocenters. The van der Waals surface area contributed by atoms with Crippen LogP contribution in [0.5, 0.6) is 0 Å². The Morgan fingerprint density at radius 3 is 2.45 bits per heavy atom. The predicted octanol–water partition coefficient (Wildman–Crippen LogP) is 2.05. The van der Waals surface area contributed by atoms with E-state index in [4.69, 9.17) is 11.6 Å². The van der Waals surface area contributed by atoms with E-state index >= 15 is 0 Å². The Kier molecular flexibility index (Phi) is 5.52. The van der Waals surface area contributed by atoms with Crippen LogP contribution < -0.4 is 0 Å². The van der Waals surface area contributed by atoms with Gasteiger partial charge in [-0.15, -0.1) is 0 Å². The monoisotopic (exact) mass is 451 g/mol. The predicted molar refractivity (Wildman–Crippen MR) is 113 cm³/mol. The fourth-order valence-corrected chi connectivity index (χ4v) is 5.54. The Hall–Kier alpha value is -2.14. The van der Waals surface area contributed by atoms with Crippen LogP contribution in [0.15, 0.2) is 51.5 Å². The molecule has 1 saturated heterocycles. The van der Waals surface area contributed by atoms with Crippen molar-refractivity contribution in [2.24, 2.45) is 12.0 Å². The molecule has 11 heteroatoms. The molecule has 4 rings (SSSR count). The standard InChI is InChI=1S/C18H18ClN5O3S2/c1-22-12-15(11-20-22)29(26,27)24-8-6-23(7-9-24)18-21-17(25)16(28-18)10-13-2-4-14(19)5-3-13/h2-5,10-12H,6-9H2,1H3. The summed E-state index contributed by atoms with van der Waals surface area (Å²) in [6, 6.07) is 7.20. The third kappa shape index (κ3) is 4.25. The van der Waals surface area contributed by atoms with E-state index in [0.717, 1.165) is 5.56 Å². The van der Waals surface area contributed by atoms with Gasteiger partial charge < -0.3 is 4.90 Å². The number of amides is 1. The maximum absolute atomic E-state index is 12.7. The van der Waals surface area contributed by atoms with Crippen molar-refractivity contribution >= 4 is 50.5 Å². The second-order valence-electron chi connectivity index (χ2n) is 6.60. The number of hydrogen-bond acceptors (Lipinski definition) is 6. The Balaban J connectivity index is 1.41. The molecule has 0 aliphatic carbocycles. The average molecular weight is 452 g/mol. The maximum atomic E-state index is 12.7. The maximum Gasteiger partial charge on any atom is 0.286 e. The summed E-state index contributed by atoms with van der Waals surface area (Å²) < 4.78 is 28.3. The summed E-state index contributed by atoms with van der Waals surface area (Å²) in [7, 11) is -1.89. The van der Waals surface area contributed by atoms with Gasteiger partial charge in [-0.2, -0.15) is 14.4 Å². The van der Waals surface area contributed by atoms with Gasteiger partial charge in [0.1, 0.15) is 4.90 Å². The molecule has 2 aliphatic rings. The van der Waals surface area contributed by atoms with Crippen LogP contribution in [0, 0.1) is 0 Å². The van der Waals surface area contributed by atoms with E-state index in [1.54, 1.807) is 25.3 Å². The number of nitrogens with zero attached hydrogens (tertiary/aromatic N) is 5. The number of aromatic nitrogens is 2. The molecule has 1 fully saturated rings. The quantitative estimate of drug-likeness (QED) is 0.664. The number of halogens is 1. The van der Waals surface area contributed by atoms with Crippen LogP contribution in [-0.2, 0) is 21.9 Å². The van der Waals surface area contributed by atoms with Crippen molar-refractivity contribution in [3.05, 3.63) is 52.2 Å². The normalized spacial score (nSPS) is 19.8. The number of aryl methyl sites for hydroxylation is 1. The largest absolute Gasteiger partial charge is 0.348 e. The zero-order valence-electron chi connectivity index (χ0n) is 15.5. The lowest BCUT2D eigenvalue weighted by Gasteiger charge is -2.34. The molecule has 0 spiro atoms. The van der Waals surface area contributed by atoms with Crippen molar-refractivity contribution in [2.75, 3.05) is 26.2 Å². The fraction of sp³-hybridized carbons (Fsp3) is 0.278. The van der Waals surface area contributed by atoms with Crippen LogP contribution in [0.4, 0.5) is 0 Å². The number of rotatable bonds is 3. The van der Waals surface area contributed by atoms with Crippen LogP contribution in [0.25, 0.3) is 6.08 Å². The molecule has 0 unspecified atom stereocenters. The average Bonchev–Trinajstić information content (AvgIpc) is 3.30. The first-order chi connectivity index (χ1) is 13.8. The van der Waals surface area contributed by atoms with Gasteiger partial charge in [0.15, 0.2) is 5.17 Å². The van der Waals surface area contributed by atoms with Crippen molar-refractivity contribution in [1.29, 1.82) is 0 Å².